The average molecular weight is 313 g/mol. The molecule has 1 aliphatic rings. The van der Waals surface area contributed by atoms with E-state index < -0.39 is 0 Å². The lowest BCUT2D eigenvalue weighted by Gasteiger charge is -2.31. The fourth-order valence-corrected chi connectivity index (χ4v) is 3.42. The minimum Gasteiger partial charge on any atom is -0.491 e. The Hall–Kier alpha value is -0.580. The lowest BCUT2D eigenvalue weighted by molar-refractivity contribution is 0.0205. The van der Waals surface area contributed by atoms with E-state index in [1.807, 2.05) is 6.07 Å². The van der Waals surface area contributed by atoms with Gasteiger partial charge < -0.3 is 9.84 Å². The van der Waals surface area contributed by atoms with Gasteiger partial charge in [-0.25, -0.2) is 0 Å². The van der Waals surface area contributed by atoms with Gasteiger partial charge in [0.05, 0.1) is 17.2 Å². The zero-order valence-corrected chi connectivity index (χ0v) is 11.6. The van der Waals surface area contributed by atoms with Gasteiger partial charge in [-0.1, -0.05) is 0 Å². The van der Waals surface area contributed by atoms with E-state index in [1.165, 1.54) is 10.1 Å². The van der Waals surface area contributed by atoms with Gasteiger partial charge in [-0.15, -0.1) is 11.3 Å². The number of halogens is 1. The van der Waals surface area contributed by atoms with Gasteiger partial charge in [-0.3, -0.25) is 0 Å². The maximum Gasteiger partial charge on any atom is 0.142 e. The van der Waals surface area contributed by atoms with Crippen LogP contribution >= 0.6 is 27.3 Å². The van der Waals surface area contributed by atoms with E-state index in [1.54, 1.807) is 11.3 Å². The molecule has 0 bridgehead atoms. The normalized spacial score (nSPS) is 23.6. The van der Waals surface area contributed by atoms with Crippen molar-refractivity contribution in [1.29, 1.82) is 0 Å². The number of fused-ring (bicyclic) bond motifs is 1. The first-order valence-electron chi connectivity index (χ1n) is 5.70. The summed E-state index contributed by atoms with van der Waals surface area (Å²) in [7, 11) is 0. The molecule has 0 unspecified atom stereocenters. The Morgan fingerprint density at radius 1 is 1.35 bits per heavy atom. The second-order valence-corrected chi connectivity index (χ2v) is 6.31. The third-order valence-corrected chi connectivity index (χ3v) is 4.72. The zero-order chi connectivity index (χ0) is 11.8. The van der Waals surface area contributed by atoms with Crippen molar-refractivity contribution in [3.63, 3.8) is 0 Å². The second-order valence-electron chi connectivity index (χ2n) is 4.51. The second kappa shape index (κ2) is 4.59. The molecule has 1 aliphatic carbocycles. The molecule has 1 heterocycles. The van der Waals surface area contributed by atoms with Crippen molar-refractivity contribution < 1.29 is 9.84 Å². The summed E-state index contributed by atoms with van der Waals surface area (Å²) in [5.74, 6) is 1.44. The Balaban J connectivity index is 1.79. The molecule has 0 amide bonds. The lowest BCUT2D eigenvalue weighted by Crippen LogP contribution is -2.32. The molecule has 0 saturated heterocycles. The van der Waals surface area contributed by atoms with Gasteiger partial charge in [0, 0.05) is 10.1 Å². The summed E-state index contributed by atoms with van der Waals surface area (Å²) in [5, 5.41) is 12.5. The van der Waals surface area contributed by atoms with Gasteiger partial charge in [-0.05, 0) is 58.3 Å². The molecule has 0 atom stereocenters. The van der Waals surface area contributed by atoms with Gasteiger partial charge >= 0.3 is 0 Å². The average Bonchev–Trinajstić information content (AvgIpc) is 2.73. The fraction of sp³-hybridized carbons (Fsp3) is 0.385. The Morgan fingerprint density at radius 3 is 2.94 bits per heavy atom. The van der Waals surface area contributed by atoms with Crippen LogP contribution in [0.1, 0.15) is 12.8 Å². The van der Waals surface area contributed by atoms with Crippen LogP contribution in [0.25, 0.3) is 10.1 Å². The van der Waals surface area contributed by atoms with Crippen LogP contribution in [-0.4, -0.2) is 17.8 Å². The number of aliphatic hydroxyl groups is 1. The molecular formula is C13H13BrO2S. The number of ether oxygens (including phenoxy) is 1. The molecule has 3 rings (SSSR count). The summed E-state index contributed by atoms with van der Waals surface area (Å²) >= 11 is 5.26. The molecule has 0 radical (unpaired) electrons. The quantitative estimate of drug-likeness (QED) is 0.933. The van der Waals surface area contributed by atoms with Gasteiger partial charge in [0.15, 0.2) is 0 Å². The van der Waals surface area contributed by atoms with Crippen molar-refractivity contribution in [2.45, 2.75) is 18.9 Å². The standard InChI is InChI=1S/C13H13BrO2S/c14-11-1-2-12-10(3-4-17-12)13(11)16-7-8-5-9(15)6-8/h1-4,8-9,15H,5-7H2. The van der Waals surface area contributed by atoms with Gasteiger partial charge in [0.1, 0.15) is 5.75 Å². The third-order valence-electron chi connectivity index (χ3n) is 3.21. The molecule has 1 saturated carbocycles. The Bertz CT molecular complexity index is 531. The van der Waals surface area contributed by atoms with Crippen LogP contribution < -0.4 is 4.74 Å². The van der Waals surface area contributed by atoms with Gasteiger partial charge in [0.2, 0.25) is 0 Å². The minimum absolute atomic E-state index is 0.107. The van der Waals surface area contributed by atoms with Crippen molar-refractivity contribution in [1.82, 2.24) is 0 Å². The molecule has 4 heteroatoms. The van der Waals surface area contributed by atoms with Crippen molar-refractivity contribution in [3.05, 3.63) is 28.1 Å². The van der Waals surface area contributed by atoms with Crippen LogP contribution in [0.15, 0.2) is 28.1 Å². The largest absolute Gasteiger partial charge is 0.491 e. The SMILES string of the molecule is OC1CC(COc2c(Br)ccc3sccc23)C1. The van der Waals surface area contributed by atoms with E-state index >= 15 is 0 Å². The first-order valence-corrected chi connectivity index (χ1v) is 7.38. The number of benzene rings is 1. The number of aliphatic hydroxyl groups excluding tert-OH is 1. The minimum atomic E-state index is -0.107. The van der Waals surface area contributed by atoms with Crippen molar-refractivity contribution >= 4 is 37.4 Å². The molecule has 1 aromatic heterocycles. The topological polar surface area (TPSA) is 29.5 Å². The summed E-state index contributed by atoms with van der Waals surface area (Å²) in [4.78, 5) is 0. The molecule has 2 aromatic rings. The van der Waals surface area contributed by atoms with Crippen molar-refractivity contribution in [3.8, 4) is 5.75 Å². The van der Waals surface area contributed by atoms with Crippen LogP contribution in [0.2, 0.25) is 0 Å². The predicted octanol–water partition coefficient (Wildman–Crippen LogP) is 3.81. The maximum absolute atomic E-state index is 9.25. The van der Waals surface area contributed by atoms with E-state index in [-0.39, 0.29) is 6.10 Å². The highest BCUT2D eigenvalue weighted by atomic mass is 79.9. The molecule has 0 aliphatic heterocycles. The van der Waals surface area contributed by atoms with E-state index in [4.69, 9.17) is 4.74 Å². The molecule has 1 N–H and O–H groups in total. The third kappa shape index (κ3) is 2.21. The molecule has 0 spiro atoms. The molecule has 1 aromatic carbocycles. The van der Waals surface area contributed by atoms with E-state index in [0.717, 1.165) is 23.1 Å². The molecule has 1 fully saturated rings. The zero-order valence-electron chi connectivity index (χ0n) is 9.23. The number of thiophene rings is 1. The van der Waals surface area contributed by atoms with Crippen LogP contribution in [0.5, 0.6) is 5.75 Å². The Kier molecular flexibility index (Phi) is 3.11. The summed E-state index contributed by atoms with van der Waals surface area (Å²) in [6, 6.07) is 6.23. The number of hydrogen-bond acceptors (Lipinski definition) is 3. The number of rotatable bonds is 3. The highest BCUT2D eigenvalue weighted by molar-refractivity contribution is 9.10. The van der Waals surface area contributed by atoms with Crippen LogP contribution in [-0.2, 0) is 0 Å². The summed E-state index contributed by atoms with van der Waals surface area (Å²) in [6.45, 7) is 0.699. The number of hydrogen-bond donors (Lipinski definition) is 1. The highest BCUT2D eigenvalue weighted by Crippen LogP contribution is 2.37. The highest BCUT2D eigenvalue weighted by Gasteiger charge is 2.27. The summed E-state index contributed by atoms with van der Waals surface area (Å²) in [6.07, 6.45) is 1.64. The summed E-state index contributed by atoms with van der Waals surface area (Å²) in [5.41, 5.74) is 0. The van der Waals surface area contributed by atoms with Crippen LogP contribution in [0, 0.1) is 5.92 Å². The van der Waals surface area contributed by atoms with Crippen molar-refractivity contribution in [2.24, 2.45) is 5.92 Å². The van der Waals surface area contributed by atoms with Gasteiger partial charge in [-0.2, -0.15) is 0 Å². The fourth-order valence-electron chi connectivity index (χ4n) is 2.18. The first kappa shape index (κ1) is 11.5. The molecular weight excluding hydrogens is 300 g/mol. The van der Waals surface area contributed by atoms with Crippen LogP contribution in [0.4, 0.5) is 0 Å². The molecule has 90 valence electrons. The summed E-state index contributed by atoms with van der Waals surface area (Å²) < 4.78 is 8.16. The van der Waals surface area contributed by atoms with Crippen LogP contribution in [0.3, 0.4) is 0 Å². The van der Waals surface area contributed by atoms with E-state index in [9.17, 15) is 5.11 Å². The van der Waals surface area contributed by atoms with Crippen molar-refractivity contribution in [2.75, 3.05) is 6.61 Å². The molecule has 2 nitrogen and oxygen atoms in total. The van der Waals surface area contributed by atoms with Gasteiger partial charge in [0.25, 0.3) is 0 Å². The van der Waals surface area contributed by atoms with E-state index in [2.05, 4.69) is 33.4 Å². The maximum atomic E-state index is 9.25. The predicted molar refractivity (Wildman–Crippen MR) is 73.8 cm³/mol. The Morgan fingerprint density at radius 2 is 2.18 bits per heavy atom. The lowest BCUT2D eigenvalue weighted by atomic mass is 9.83. The Labute approximate surface area is 112 Å². The smallest absolute Gasteiger partial charge is 0.142 e. The first-order chi connectivity index (χ1) is 8.24. The monoisotopic (exact) mass is 312 g/mol. The molecule has 17 heavy (non-hydrogen) atoms. The van der Waals surface area contributed by atoms with E-state index in [0.29, 0.717) is 12.5 Å².